The van der Waals surface area contributed by atoms with Crippen molar-refractivity contribution in [2.75, 3.05) is 7.05 Å². The first-order valence-electron chi connectivity index (χ1n) is 5.83. The molecule has 1 heterocycles. The molecule has 0 radical (unpaired) electrons. The molecule has 0 saturated carbocycles. The third kappa shape index (κ3) is 1.87. The van der Waals surface area contributed by atoms with Crippen molar-refractivity contribution < 1.29 is 4.42 Å². The molecule has 0 amide bonds. The minimum Gasteiger partial charge on any atom is -0.419 e. The highest BCUT2D eigenvalue weighted by Crippen LogP contribution is 2.27. The van der Waals surface area contributed by atoms with Crippen LogP contribution in [-0.2, 0) is 6.54 Å². The van der Waals surface area contributed by atoms with Gasteiger partial charge >= 0.3 is 0 Å². The van der Waals surface area contributed by atoms with Crippen LogP contribution in [0.15, 0.2) is 46.9 Å². The van der Waals surface area contributed by atoms with Crippen LogP contribution in [0, 0.1) is 0 Å². The summed E-state index contributed by atoms with van der Waals surface area (Å²) in [4.78, 5) is 0. The van der Waals surface area contributed by atoms with Crippen LogP contribution in [0.4, 0.5) is 0 Å². The van der Waals surface area contributed by atoms with Gasteiger partial charge in [-0.15, -0.1) is 10.2 Å². The lowest BCUT2D eigenvalue weighted by molar-refractivity contribution is 0.491. The number of hydrogen-bond donors (Lipinski definition) is 1. The molecule has 3 aromatic rings. The van der Waals surface area contributed by atoms with Gasteiger partial charge in [-0.2, -0.15) is 0 Å². The maximum atomic E-state index is 5.63. The molecule has 0 spiro atoms. The molecule has 18 heavy (non-hydrogen) atoms. The lowest BCUT2D eigenvalue weighted by atomic mass is 10.0. The van der Waals surface area contributed by atoms with E-state index in [4.69, 9.17) is 4.42 Å². The van der Waals surface area contributed by atoms with Crippen LogP contribution in [0.5, 0.6) is 0 Å². The largest absolute Gasteiger partial charge is 0.419 e. The maximum Gasteiger partial charge on any atom is 0.248 e. The van der Waals surface area contributed by atoms with E-state index >= 15 is 0 Å². The summed E-state index contributed by atoms with van der Waals surface area (Å²) in [5.74, 6) is 1.16. The third-order valence-electron chi connectivity index (χ3n) is 2.81. The van der Waals surface area contributed by atoms with Gasteiger partial charge < -0.3 is 9.73 Å². The number of rotatable bonds is 3. The zero-order valence-electron chi connectivity index (χ0n) is 10.1. The summed E-state index contributed by atoms with van der Waals surface area (Å²) < 4.78 is 5.63. The Bertz CT molecular complexity index is 670. The third-order valence-corrected chi connectivity index (χ3v) is 2.81. The highest BCUT2D eigenvalue weighted by Gasteiger charge is 2.10. The summed E-state index contributed by atoms with van der Waals surface area (Å²) in [5, 5.41) is 13.4. The van der Waals surface area contributed by atoms with Gasteiger partial charge in [0.05, 0.1) is 6.54 Å². The van der Waals surface area contributed by atoms with Gasteiger partial charge in [0.25, 0.3) is 0 Å². The summed E-state index contributed by atoms with van der Waals surface area (Å²) >= 11 is 0. The number of nitrogens with zero attached hydrogens (tertiary/aromatic N) is 2. The maximum absolute atomic E-state index is 5.63. The number of aromatic nitrogens is 2. The fraction of sp³-hybridized carbons (Fsp3) is 0.143. The molecule has 4 nitrogen and oxygen atoms in total. The molecule has 0 atom stereocenters. The predicted octanol–water partition coefficient (Wildman–Crippen LogP) is 2.61. The number of fused-ring (bicyclic) bond motifs is 1. The van der Waals surface area contributed by atoms with Gasteiger partial charge in [-0.3, -0.25) is 0 Å². The minimum atomic E-state index is 0.567. The summed E-state index contributed by atoms with van der Waals surface area (Å²) in [6, 6.07) is 14.2. The first kappa shape index (κ1) is 10.9. The first-order chi connectivity index (χ1) is 8.88. The number of benzene rings is 2. The smallest absolute Gasteiger partial charge is 0.248 e. The predicted molar refractivity (Wildman–Crippen MR) is 70.0 cm³/mol. The summed E-state index contributed by atoms with van der Waals surface area (Å²) in [7, 11) is 1.85. The van der Waals surface area contributed by atoms with Crippen LogP contribution < -0.4 is 5.32 Å². The van der Waals surface area contributed by atoms with Gasteiger partial charge in [-0.1, -0.05) is 36.4 Å². The van der Waals surface area contributed by atoms with Crippen molar-refractivity contribution in [1.82, 2.24) is 15.5 Å². The van der Waals surface area contributed by atoms with Crippen molar-refractivity contribution in [3.05, 3.63) is 48.4 Å². The van der Waals surface area contributed by atoms with E-state index in [1.165, 1.54) is 5.39 Å². The Morgan fingerprint density at radius 2 is 1.89 bits per heavy atom. The zero-order chi connectivity index (χ0) is 12.4. The van der Waals surface area contributed by atoms with Crippen LogP contribution in [0.3, 0.4) is 0 Å². The second kappa shape index (κ2) is 4.58. The van der Waals surface area contributed by atoms with E-state index in [9.17, 15) is 0 Å². The van der Waals surface area contributed by atoms with E-state index in [-0.39, 0.29) is 0 Å². The van der Waals surface area contributed by atoms with Crippen molar-refractivity contribution in [2.24, 2.45) is 0 Å². The highest BCUT2D eigenvalue weighted by atomic mass is 16.4. The van der Waals surface area contributed by atoms with Crippen LogP contribution in [0.25, 0.3) is 22.2 Å². The molecule has 0 aliphatic heterocycles. The quantitative estimate of drug-likeness (QED) is 0.763. The molecular formula is C14H13N3O. The van der Waals surface area contributed by atoms with E-state index in [1.807, 2.05) is 31.3 Å². The average molecular weight is 239 g/mol. The Labute approximate surface area is 105 Å². The van der Waals surface area contributed by atoms with E-state index in [0.717, 1.165) is 10.9 Å². The Morgan fingerprint density at radius 3 is 2.78 bits per heavy atom. The van der Waals surface area contributed by atoms with Gasteiger partial charge in [0.2, 0.25) is 11.8 Å². The van der Waals surface area contributed by atoms with Gasteiger partial charge in [0.15, 0.2) is 0 Å². The van der Waals surface area contributed by atoms with Crippen molar-refractivity contribution >= 4 is 10.8 Å². The number of nitrogens with one attached hydrogen (secondary N) is 1. The fourth-order valence-corrected chi connectivity index (χ4v) is 2.00. The van der Waals surface area contributed by atoms with Crippen LogP contribution in [-0.4, -0.2) is 17.2 Å². The lowest BCUT2D eigenvalue weighted by Crippen LogP contribution is -2.04. The standard InChI is InChI=1S/C14H13N3O/c1-15-9-13-16-17-14(18-13)12-8-4-6-10-5-2-3-7-11(10)12/h2-8,15H,9H2,1H3. The van der Waals surface area contributed by atoms with E-state index in [0.29, 0.717) is 18.3 Å². The van der Waals surface area contributed by atoms with Crippen molar-refractivity contribution in [2.45, 2.75) is 6.54 Å². The molecule has 0 unspecified atom stereocenters. The van der Waals surface area contributed by atoms with E-state index in [1.54, 1.807) is 0 Å². The van der Waals surface area contributed by atoms with Gasteiger partial charge in [-0.05, 0) is 23.9 Å². The monoisotopic (exact) mass is 239 g/mol. The molecule has 2 aromatic carbocycles. The second-order valence-electron chi connectivity index (χ2n) is 4.06. The molecule has 0 fully saturated rings. The molecule has 0 aliphatic carbocycles. The second-order valence-corrected chi connectivity index (χ2v) is 4.06. The topological polar surface area (TPSA) is 51.0 Å². The Hall–Kier alpha value is -2.20. The van der Waals surface area contributed by atoms with Crippen molar-refractivity contribution in [1.29, 1.82) is 0 Å². The van der Waals surface area contributed by atoms with Gasteiger partial charge in [0.1, 0.15) is 0 Å². The van der Waals surface area contributed by atoms with E-state index in [2.05, 4.69) is 33.7 Å². The summed E-state index contributed by atoms with van der Waals surface area (Å²) in [6.07, 6.45) is 0. The lowest BCUT2D eigenvalue weighted by Gasteiger charge is -2.01. The SMILES string of the molecule is CNCc1nnc(-c2cccc3ccccc23)o1. The molecule has 0 bridgehead atoms. The minimum absolute atomic E-state index is 0.567. The molecular weight excluding hydrogens is 226 g/mol. The molecule has 0 aliphatic rings. The highest BCUT2D eigenvalue weighted by molar-refractivity contribution is 5.94. The molecule has 1 aromatic heterocycles. The zero-order valence-corrected chi connectivity index (χ0v) is 10.1. The van der Waals surface area contributed by atoms with Gasteiger partial charge in [-0.25, -0.2) is 0 Å². The molecule has 0 saturated heterocycles. The molecule has 1 N–H and O–H groups in total. The van der Waals surface area contributed by atoms with Crippen LogP contribution >= 0.6 is 0 Å². The summed E-state index contributed by atoms with van der Waals surface area (Å²) in [5.41, 5.74) is 0.975. The first-order valence-corrected chi connectivity index (χ1v) is 5.83. The molecule has 3 rings (SSSR count). The Balaban J connectivity index is 2.12. The van der Waals surface area contributed by atoms with Gasteiger partial charge in [0, 0.05) is 5.56 Å². The fourth-order valence-electron chi connectivity index (χ4n) is 2.00. The van der Waals surface area contributed by atoms with E-state index < -0.39 is 0 Å². The van der Waals surface area contributed by atoms with Crippen LogP contribution in [0.2, 0.25) is 0 Å². The van der Waals surface area contributed by atoms with Crippen molar-refractivity contribution in [3.8, 4) is 11.5 Å². The summed E-state index contributed by atoms with van der Waals surface area (Å²) in [6.45, 7) is 0.581. The van der Waals surface area contributed by atoms with Crippen LogP contribution in [0.1, 0.15) is 5.89 Å². The molecule has 90 valence electrons. The normalized spacial score (nSPS) is 10.9. The number of hydrogen-bond acceptors (Lipinski definition) is 4. The average Bonchev–Trinajstić information content (AvgIpc) is 2.87. The Morgan fingerprint density at radius 1 is 1.06 bits per heavy atom. The molecule has 4 heteroatoms. The van der Waals surface area contributed by atoms with Crippen molar-refractivity contribution in [3.63, 3.8) is 0 Å². The Kier molecular flexibility index (Phi) is 2.78.